The molecule has 0 rings (SSSR count). The number of allylic oxidation sites excluding steroid dienone is 20. The molecular weight excluding hydrogens is 913 g/mol. The third kappa shape index (κ3) is 58.7. The lowest BCUT2D eigenvalue weighted by molar-refractivity contribution is -0.167. The summed E-state index contributed by atoms with van der Waals surface area (Å²) in [6.07, 6.45) is 84.9. The molecule has 420 valence electrons. The maximum atomic E-state index is 12.9. The van der Waals surface area contributed by atoms with E-state index in [4.69, 9.17) is 14.2 Å². The minimum atomic E-state index is -0.792. The molecule has 0 saturated heterocycles. The zero-order valence-corrected chi connectivity index (χ0v) is 48.1. The van der Waals surface area contributed by atoms with Crippen molar-refractivity contribution in [2.75, 3.05) is 13.2 Å². The molecule has 0 aliphatic heterocycles. The summed E-state index contributed by atoms with van der Waals surface area (Å²) < 4.78 is 16.9. The molecule has 0 amide bonds. The van der Waals surface area contributed by atoms with Gasteiger partial charge in [0.2, 0.25) is 0 Å². The third-order valence-electron chi connectivity index (χ3n) is 12.7. The van der Waals surface area contributed by atoms with Crippen molar-refractivity contribution in [2.45, 2.75) is 277 Å². The lowest BCUT2D eigenvalue weighted by Gasteiger charge is -2.18. The van der Waals surface area contributed by atoms with Crippen LogP contribution in [0.25, 0.3) is 0 Å². The first-order chi connectivity index (χ1) is 36.5. The van der Waals surface area contributed by atoms with Crippen molar-refractivity contribution >= 4 is 17.9 Å². The van der Waals surface area contributed by atoms with E-state index in [9.17, 15) is 14.4 Å². The Hall–Kier alpha value is -4.19. The molecule has 0 N–H and O–H groups in total. The second kappa shape index (κ2) is 61.4. The van der Waals surface area contributed by atoms with Crippen LogP contribution in [0.4, 0.5) is 0 Å². The minimum Gasteiger partial charge on any atom is -0.462 e. The third-order valence-corrected chi connectivity index (χ3v) is 12.7. The van der Waals surface area contributed by atoms with Gasteiger partial charge in [0.05, 0.1) is 0 Å². The van der Waals surface area contributed by atoms with Crippen LogP contribution in [0.1, 0.15) is 271 Å². The summed E-state index contributed by atoms with van der Waals surface area (Å²) in [5, 5.41) is 0. The first-order valence-corrected chi connectivity index (χ1v) is 30.5. The standard InChI is InChI=1S/C68H112O6/c1-4-7-10-13-16-19-22-24-26-28-30-32-33-34-35-37-38-40-42-44-46-49-52-55-58-61-67(70)73-64-65(63-72-66(69)60-57-54-51-48-21-18-15-12-9-6-3)74-68(71)62-59-56-53-50-47-45-43-41-39-36-31-29-27-25-23-20-17-14-11-8-5-2/h7-8,10-12,15-17,19-20,24-27,30-32,34-36,65H,4-6,9,13-14,18,21-23,28-29,33,37-64H2,1-3H3/b10-7-,11-8-,15-12-,19-16-,20-17-,26-24-,27-25-,32-30-,35-34-,36-31-. The van der Waals surface area contributed by atoms with Gasteiger partial charge in [0.15, 0.2) is 6.10 Å². The number of ether oxygens (including phenoxy) is 3. The summed E-state index contributed by atoms with van der Waals surface area (Å²) in [6.45, 7) is 6.34. The highest BCUT2D eigenvalue weighted by molar-refractivity contribution is 5.71. The van der Waals surface area contributed by atoms with E-state index in [-0.39, 0.29) is 31.1 Å². The topological polar surface area (TPSA) is 78.9 Å². The molecule has 0 radical (unpaired) electrons. The first kappa shape index (κ1) is 69.8. The smallest absolute Gasteiger partial charge is 0.306 e. The molecule has 1 unspecified atom stereocenters. The molecule has 0 aliphatic rings. The van der Waals surface area contributed by atoms with Crippen LogP contribution in [0.2, 0.25) is 0 Å². The summed E-state index contributed by atoms with van der Waals surface area (Å²) in [6, 6.07) is 0. The SMILES string of the molecule is CC/C=C\C/C=C\C/C=C\C/C=C\C/C=C\CCCCCCCCCCCC(=O)OCC(COC(=O)CCCCCCC/C=C\CCC)OC(=O)CCCCCCCCCC/C=C\C/C=C\C/C=C\C/C=C\CC. The van der Waals surface area contributed by atoms with E-state index < -0.39 is 6.10 Å². The molecule has 0 saturated carbocycles. The van der Waals surface area contributed by atoms with Gasteiger partial charge >= 0.3 is 17.9 Å². The van der Waals surface area contributed by atoms with Gasteiger partial charge in [0, 0.05) is 19.3 Å². The average Bonchev–Trinajstić information content (AvgIpc) is 3.40. The zero-order chi connectivity index (χ0) is 53.6. The van der Waals surface area contributed by atoms with E-state index in [1.54, 1.807) is 0 Å². The number of hydrogen-bond acceptors (Lipinski definition) is 6. The molecule has 6 heteroatoms. The Labute approximate surface area is 456 Å². The number of carbonyl (C=O) groups is 3. The van der Waals surface area contributed by atoms with Gasteiger partial charge in [-0.05, 0) is 122 Å². The van der Waals surface area contributed by atoms with Gasteiger partial charge in [-0.1, -0.05) is 251 Å². The quantitative estimate of drug-likeness (QED) is 0.0261. The molecule has 0 spiro atoms. The average molecular weight is 1030 g/mol. The summed E-state index contributed by atoms with van der Waals surface area (Å²) in [5.74, 6) is -0.913. The number of rotatable bonds is 54. The summed E-state index contributed by atoms with van der Waals surface area (Å²) >= 11 is 0. The van der Waals surface area contributed by atoms with Gasteiger partial charge in [-0.2, -0.15) is 0 Å². The van der Waals surface area contributed by atoms with Crippen molar-refractivity contribution in [3.05, 3.63) is 122 Å². The van der Waals surface area contributed by atoms with E-state index in [0.29, 0.717) is 19.3 Å². The van der Waals surface area contributed by atoms with Crippen LogP contribution in [0, 0.1) is 0 Å². The number of esters is 3. The normalized spacial score (nSPS) is 13.0. The fraction of sp³-hybridized carbons (Fsp3) is 0.662. The summed E-state index contributed by atoms with van der Waals surface area (Å²) in [7, 11) is 0. The molecule has 0 heterocycles. The minimum absolute atomic E-state index is 0.0894. The van der Waals surface area contributed by atoms with Crippen LogP contribution < -0.4 is 0 Å². The van der Waals surface area contributed by atoms with Crippen LogP contribution in [-0.2, 0) is 28.6 Å². The molecule has 0 fully saturated rings. The van der Waals surface area contributed by atoms with E-state index in [1.807, 2.05) is 0 Å². The zero-order valence-electron chi connectivity index (χ0n) is 48.1. The van der Waals surface area contributed by atoms with Gasteiger partial charge < -0.3 is 14.2 Å². The highest BCUT2D eigenvalue weighted by Crippen LogP contribution is 2.15. The Balaban J connectivity index is 4.31. The molecule has 0 aromatic rings. The van der Waals surface area contributed by atoms with Crippen molar-refractivity contribution in [3.63, 3.8) is 0 Å². The van der Waals surface area contributed by atoms with E-state index in [2.05, 4.69) is 142 Å². The van der Waals surface area contributed by atoms with Gasteiger partial charge in [0.25, 0.3) is 0 Å². The molecule has 74 heavy (non-hydrogen) atoms. The Morgan fingerprint density at radius 1 is 0.284 bits per heavy atom. The van der Waals surface area contributed by atoms with Crippen molar-refractivity contribution in [2.24, 2.45) is 0 Å². The second-order valence-electron chi connectivity index (χ2n) is 19.8. The van der Waals surface area contributed by atoms with Crippen molar-refractivity contribution < 1.29 is 28.6 Å². The molecule has 0 aromatic carbocycles. The van der Waals surface area contributed by atoms with Crippen LogP contribution in [0.3, 0.4) is 0 Å². The molecule has 0 aliphatic carbocycles. The molecule has 6 nitrogen and oxygen atoms in total. The fourth-order valence-electron chi connectivity index (χ4n) is 8.17. The number of carbonyl (C=O) groups excluding carboxylic acids is 3. The first-order valence-electron chi connectivity index (χ1n) is 30.5. The van der Waals surface area contributed by atoms with Crippen molar-refractivity contribution in [3.8, 4) is 0 Å². The maximum Gasteiger partial charge on any atom is 0.306 e. The summed E-state index contributed by atoms with van der Waals surface area (Å²) in [5.41, 5.74) is 0. The summed E-state index contributed by atoms with van der Waals surface area (Å²) in [4.78, 5) is 38.2. The highest BCUT2D eigenvalue weighted by atomic mass is 16.6. The number of hydrogen-bond donors (Lipinski definition) is 0. The van der Waals surface area contributed by atoms with Crippen LogP contribution >= 0.6 is 0 Å². The predicted octanol–water partition coefficient (Wildman–Crippen LogP) is 20.8. The van der Waals surface area contributed by atoms with Crippen LogP contribution in [0.5, 0.6) is 0 Å². The fourth-order valence-corrected chi connectivity index (χ4v) is 8.17. The Morgan fingerprint density at radius 3 is 0.838 bits per heavy atom. The lowest BCUT2D eigenvalue weighted by Crippen LogP contribution is -2.30. The maximum absolute atomic E-state index is 12.9. The van der Waals surface area contributed by atoms with Gasteiger partial charge in [-0.25, -0.2) is 0 Å². The van der Waals surface area contributed by atoms with Crippen molar-refractivity contribution in [1.82, 2.24) is 0 Å². The monoisotopic (exact) mass is 1020 g/mol. The van der Waals surface area contributed by atoms with E-state index in [0.717, 1.165) is 148 Å². The Bertz CT molecular complexity index is 1550. The molecule has 0 bridgehead atoms. The molecular formula is C68H112O6. The molecule has 1 atom stereocenters. The van der Waals surface area contributed by atoms with E-state index >= 15 is 0 Å². The largest absolute Gasteiger partial charge is 0.462 e. The predicted molar refractivity (Wildman–Crippen MR) is 320 cm³/mol. The number of unbranched alkanes of at least 4 members (excludes halogenated alkanes) is 23. The highest BCUT2D eigenvalue weighted by Gasteiger charge is 2.19. The van der Waals surface area contributed by atoms with Crippen molar-refractivity contribution in [1.29, 1.82) is 0 Å². The van der Waals surface area contributed by atoms with Gasteiger partial charge in [-0.3, -0.25) is 14.4 Å². The Morgan fingerprint density at radius 2 is 0.527 bits per heavy atom. The second-order valence-corrected chi connectivity index (χ2v) is 19.8. The van der Waals surface area contributed by atoms with Crippen LogP contribution in [0.15, 0.2) is 122 Å². The van der Waals surface area contributed by atoms with E-state index in [1.165, 1.54) is 83.5 Å². The Kier molecular flexibility index (Phi) is 57.9. The van der Waals surface area contributed by atoms with Crippen LogP contribution in [-0.4, -0.2) is 37.2 Å². The van der Waals surface area contributed by atoms with Gasteiger partial charge in [-0.15, -0.1) is 0 Å². The lowest BCUT2D eigenvalue weighted by atomic mass is 10.1. The molecule has 0 aromatic heterocycles. The van der Waals surface area contributed by atoms with Gasteiger partial charge in [0.1, 0.15) is 13.2 Å².